The topological polar surface area (TPSA) is 84.0 Å². The van der Waals surface area contributed by atoms with Crippen LogP contribution in [0.25, 0.3) is 0 Å². The summed E-state index contributed by atoms with van der Waals surface area (Å²) in [6.07, 6.45) is 1.48. The van der Waals surface area contributed by atoms with Gasteiger partial charge in [0, 0.05) is 23.7 Å². The lowest BCUT2D eigenvalue weighted by molar-refractivity contribution is 0.593. The molecule has 0 saturated carbocycles. The van der Waals surface area contributed by atoms with E-state index in [1.165, 1.54) is 17.5 Å². The number of nitrogens with one attached hydrogen (secondary N) is 2. The van der Waals surface area contributed by atoms with E-state index in [-0.39, 0.29) is 10.0 Å². The van der Waals surface area contributed by atoms with Crippen LogP contribution in [0.2, 0.25) is 0 Å². The molecule has 0 aliphatic rings. The third-order valence-electron chi connectivity index (χ3n) is 2.40. The second-order valence-electron chi connectivity index (χ2n) is 4.47. The van der Waals surface area contributed by atoms with Gasteiger partial charge in [-0.2, -0.15) is 5.10 Å². The number of aromatic nitrogens is 2. The molecule has 2 rings (SSSR count). The van der Waals surface area contributed by atoms with E-state index >= 15 is 0 Å². The molecule has 0 aliphatic heterocycles. The lowest BCUT2D eigenvalue weighted by Crippen LogP contribution is -2.21. The number of rotatable bonds is 6. The highest BCUT2D eigenvalue weighted by Gasteiger charge is 2.17. The highest BCUT2D eigenvalue weighted by molar-refractivity contribution is 7.94. The average Bonchev–Trinajstić information content (AvgIpc) is 2.86. The fourth-order valence-electron chi connectivity index (χ4n) is 1.45. The van der Waals surface area contributed by atoms with Crippen molar-refractivity contribution >= 4 is 27.2 Å². The molecule has 0 aromatic carbocycles. The van der Waals surface area contributed by atoms with Crippen LogP contribution in [0.15, 0.2) is 34.7 Å². The highest BCUT2D eigenvalue weighted by atomic mass is 32.2. The number of anilines is 1. The van der Waals surface area contributed by atoms with Gasteiger partial charge in [0.1, 0.15) is 4.21 Å². The van der Waals surface area contributed by atoms with Gasteiger partial charge in [0.05, 0.1) is 0 Å². The molecular weight excluding hydrogens is 296 g/mol. The van der Waals surface area contributed by atoms with Crippen molar-refractivity contribution in [3.05, 3.63) is 35.3 Å². The first-order valence-corrected chi connectivity index (χ1v) is 8.40. The number of hydrogen-bond donors (Lipinski definition) is 2. The largest absolute Gasteiger partial charge is 0.310 e. The second-order valence-corrected chi connectivity index (χ2v) is 7.55. The molecule has 6 nitrogen and oxygen atoms in total. The van der Waals surface area contributed by atoms with Crippen molar-refractivity contribution < 1.29 is 8.42 Å². The molecule has 0 spiro atoms. The molecule has 2 aromatic rings. The summed E-state index contributed by atoms with van der Waals surface area (Å²) in [5, 5.41) is 10.6. The smallest absolute Gasteiger partial charge is 0.272 e. The van der Waals surface area contributed by atoms with Crippen molar-refractivity contribution in [1.29, 1.82) is 0 Å². The van der Waals surface area contributed by atoms with E-state index in [1.807, 2.05) is 19.9 Å². The minimum absolute atomic E-state index is 0.211. The SMILES string of the molecule is CC(C)NCc1ccc(S(=O)(=O)Nc2cccnn2)s1. The van der Waals surface area contributed by atoms with Gasteiger partial charge in [-0.05, 0) is 24.3 Å². The van der Waals surface area contributed by atoms with Crippen molar-refractivity contribution in [2.75, 3.05) is 4.72 Å². The summed E-state index contributed by atoms with van der Waals surface area (Å²) in [7, 11) is -3.59. The molecule has 0 radical (unpaired) electrons. The third-order valence-corrected chi connectivity index (χ3v) is 5.33. The zero-order valence-corrected chi connectivity index (χ0v) is 12.8. The van der Waals surface area contributed by atoms with Gasteiger partial charge in [-0.1, -0.05) is 13.8 Å². The molecule has 0 unspecified atom stereocenters. The van der Waals surface area contributed by atoms with Crippen molar-refractivity contribution in [2.24, 2.45) is 0 Å². The van der Waals surface area contributed by atoms with Gasteiger partial charge in [0.2, 0.25) is 0 Å². The van der Waals surface area contributed by atoms with E-state index < -0.39 is 10.0 Å². The highest BCUT2D eigenvalue weighted by Crippen LogP contribution is 2.23. The fraction of sp³-hybridized carbons (Fsp3) is 0.333. The minimum atomic E-state index is -3.59. The Morgan fingerprint density at radius 3 is 2.75 bits per heavy atom. The van der Waals surface area contributed by atoms with E-state index in [0.717, 1.165) is 4.88 Å². The first-order chi connectivity index (χ1) is 9.47. The lowest BCUT2D eigenvalue weighted by atomic mass is 10.4. The van der Waals surface area contributed by atoms with Gasteiger partial charge in [-0.15, -0.1) is 16.4 Å². The van der Waals surface area contributed by atoms with Crippen LogP contribution >= 0.6 is 11.3 Å². The number of hydrogen-bond acceptors (Lipinski definition) is 6. The first kappa shape index (κ1) is 14.9. The molecule has 0 atom stereocenters. The molecule has 8 heteroatoms. The van der Waals surface area contributed by atoms with Crippen LogP contribution in [0.3, 0.4) is 0 Å². The molecule has 20 heavy (non-hydrogen) atoms. The monoisotopic (exact) mass is 312 g/mol. The Balaban J connectivity index is 2.10. The standard InChI is InChI=1S/C12H16N4O2S2/c1-9(2)13-8-10-5-6-12(19-10)20(17,18)16-11-4-3-7-14-15-11/h3-7,9,13H,8H2,1-2H3,(H,15,16). The predicted molar refractivity (Wildman–Crippen MR) is 79.1 cm³/mol. The van der Waals surface area contributed by atoms with Crippen molar-refractivity contribution in [3.63, 3.8) is 0 Å². The Morgan fingerprint density at radius 2 is 2.10 bits per heavy atom. The Bertz CT molecular complexity index is 653. The molecule has 2 heterocycles. The van der Waals surface area contributed by atoms with E-state index in [1.54, 1.807) is 18.2 Å². The maximum atomic E-state index is 12.2. The van der Waals surface area contributed by atoms with Crippen LogP contribution < -0.4 is 10.0 Å². The summed E-state index contributed by atoms with van der Waals surface area (Å²) < 4.78 is 27.0. The molecule has 0 bridgehead atoms. The quantitative estimate of drug-likeness (QED) is 0.850. The van der Waals surface area contributed by atoms with E-state index in [0.29, 0.717) is 12.6 Å². The van der Waals surface area contributed by atoms with Crippen LogP contribution in [0.4, 0.5) is 5.82 Å². The van der Waals surface area contributed by atoms with Crippen LogP contribution in [0.1, 0.15) is 18.7 Å². The van der Waals surface area contributed by atoms with Gasteiger partial charge in [-0.25, -0.2) is 8.42 Å². The Kier molecular flexibility index (Phi) is 4.69. The van der Waals surface area contributed by atoms with E-state index in [2.05, 4.69) is 20.2 Å². The van der Waals surface area contributed by atoms with Gasteiger partial charge in [0.15, 0.2) is 5.82 Å². The molecule has 0 amide bonds. The molecule has 2 N–H and O–H groups in total. The van der Waals surface area contributed by atoms with Crippen LogP contribution in [-0.2, 0) is 16.6 Å². The zero-order chi connectivity index (χ0) is 14.6. The third kappa shape index (κ3) is 3.99. The molecule has 108 valence electrons. The van der Waals surface area contributed by atoms with E-state index in [4.69, 9.17) is 0 Å². The van der Waals surface area contributed by atoms with Crippen LogP contribution in [-0.4, -0.2) is 24.7 Å². The van der Waals surface area contributed by atoms with Gasteiger partial charge in [0.25, 0.3) is 10.0 Å². The number of nitrogens with zero attached hydrogens (tertiary/aromatic N) is 2. The minimum Gasteiger partial charge on any atom is -0.310 e. The normalized spacial score (nSPS) is 11.8. The van der Waals surface area contributed by atoms with Crippen molar-refractivity contribution in [3.8, 4) is 0 Å². The summed E-state index contributed by atoms with van der Waals surface area (Å²) in [6, 6.07) is 6.94. The molecule has 0 aliphatic carbocycles. The van der Waals surface area contributed by atoms with Crippen LogP contribution in [0.5, 0.6) is 0 Å². The lowest BCUT2D eigenvalue weighted by Gasteiger charge is -2.05. The van der Waals surface area contributed by atoms with Crippen molar-refractivity contribution in [2.45, 2.75) is 30.6 Å². The Hall–Kier alpha value is -1.51. The van der Waals surface area contributed by atoms with Gasteiger partial charge < -0.3 is 5.32 Å². The maximum Gasteiger partial charge on any atom is 0.272 e. The molecule has 0 fully saturated rings. The summed E-state index contributed by atoms with van der Waals surface area (Å²) in [5.74, 6) is 0.211. The van der Waals surface area contributed by atoms with Gasteiger partial charge in [-0.3, -0.25) is 4.72 Å². The van der Waals surface area contributed by atoms with Gasteiger partial charge >= 0.3 is 0 Å². The zero-order valence-electron chi connectivity index (χ0n) is 11.2. The maximum absolute atomic E-state index is 12.2. The first-order valence-electron chi connectivity index (χ1n) is 6.10. The predicted octanol–water partition coefficient (Wildman–Crippen LogP) is 1.84. The molecular formula is C12H16N4O2S2. The Morgan fingerprint density at radius 1 is 1.30 bits per heavy atom. The summed E-state index contributed by atoms with van der Waals surface area (Å²) in [5.41, 5.74) is 0. The second kappa shape index (κ2) is 6.29. The number of thiophene rings is 1. The summed E-state index contributed by atoms with van der Waals surface area (Å²) >= 11 is 1.24. The van der Waals surface area contributed by atoms with Crippen LogP contribution in [0, 0.1) is 0 Å². The summed E-state index contributed by atoms with van der Waals surface area (Å²) in [6.45, 7) is 4.74. The van der Waals surface area contributed by atoms with E-state index in [9.17, 15) is 8.42 Å². The Labute approximate surface area is 122 Å². The summed E-state index contributed by atoms with van der Waals surface area (Å²) in [4.78, 5) is 0.971. The van der Waals surface area contributed by atoms with Crippen molar-refractivity contribution in [1.82, 2.24) is 15.5 Å². The average molecular weight is 312 g/mol. The molecule has 2 aromatic heterocycles. The fourth-order valence-corrected chi connectivity index (χ4v) is 3.75. The number of sulfonamides is 1. The molecule has 0 saturated heterocycles.